The molecule has 0 spiro atoms. The van der Waals surface area contributed by atoms with Crippen LogP contribution >= 0.6 is 0 Å². The third kappa shape index (κ3) is 3.17. The summed E-state index contributed by atoms with van der Waals surface area (Å²) in [5.41, 5.74) is 4.47. The Hall–Kier alpha value is -1.68. The maximum atomic E-state index is 10.1. The lowest BCUT2D eigenvalue weighted by atomic mass is 9.98. The van der Waals surface area contributed by atoms with Gasteiger partial charge in [-0.25, -0.2) is 0 Å². The van der Waals surface area contributed by atoms with Crippen LogP contribution in [0.2, 0.25) is 0 Å². The van der Waals surface area contributed by atoms with Crippen molar-refractivity contribution in [3.05, 3.63) is 46.8 Å². The van der Waals surface area contributed by atoms with Crippen molar-refractivity contribution in [3.63, 3.8) is 0 Å². The van der Waals surface area contributed by atoms with Gasteiger partial charge in [-0.1, -0.05) is 29.0 Å². The Kier molecular flexibility index (Phi) is 3.77. The van der Waals surface area contributed by atoms with Crippen LogP contribution in [0, 0.1) is 13.8 Å². The molecule has 18 heavy (non-hydrogen) atoms. The van der Waals surface area contributed by atoms with Crippen molar-refractivity contribution in [1.82, 2.24) is 15.0 Å². The summed E-state index contributed by atoms with van der Waals surface area (Å²) >= 11 is 0. The molecule has 0 saturated heterocycles. The van der Waals surface area contributed by atoms with Crippen LogP contribution in [-0.2, 0) is 19.9 Å². The first-order valence-electron chi connectivity index (χ1n) is 6.14. The van der Waals surface area contributed by atoms with Gasteiger partial charge in [-0.3, -0.25) is 4.68 Å². The third-order valence-electron chi connectivity index (χ3n) is 3.06. The van der Waals surface area contributed by atoms with Gasteiger partial charge in [0.2, 0.25) is 0 Å². The molecule has 1 unspecified atom stereocenters. The largest absolute Gasteiger partial charge is 0.392 e. The molecule has 0 aliphatic heterocycles. The fourth-order valence-corrected chi connectivity index (χ4v) is 2.08. The average Bonchev–Trinajstić information content (AvgIpc) is 2.69. The van der Waals surface area contributed by atoms with Gasteiger partial charge in [-0.2, -0.15) is 0 Å². The van der Waals surface area contributed by atoms with Crippen molar-refractivity contribution in [1.29, 1.82) is 0 Å². The van der Waals surface area contributed by atoms with Gasteiger partial charge in [0.25, 0.3) is 0 Å². The highest BCUT2D eigenvalue weighted by Gasteiger charge is 2.11. The van der Waals surface area contributed by atoms with E-state index in [1.54, 1.807) is 4.68 Å². The Morgan fingerprint density at radius 1 is 1.28 bits per heavy atom. The molecule has 0 bridgehead atoms. The molecule has 4 heteroatoms. The van der Waals surface area contributed by atoms with Crippen LogP contribution in [0.5, 0.6) is 0 Å². The summed E-state index contributed by atoms with van der Waals surface area (Å²) in [5.74, 6) is 0. The van der Waals surface area contributed by atoms with Gasteiger partial charge in [-0.05, 0) is 31.4 Å². The summed E-state index contributed by atoms with van der Waals surface area (Å²) in [7, 11) is 1.83. The molecule has 1 aromatic heterocycles. The van der Waals surface area contributed by atoms with Gasteiger partial charge in [0.1, 0.15) is 0 Å². The molecule has 0 aliphatic carbocycles. The molecule has 0 amide bonds. The molecule has 96 valence electrons. The van der Waals surface area contributed by atoms with Crippen molar-refractivity contribution in [2.75, 3.05) is 0 Å². The molecule has 1 N–H and O–H groups in total. The van der Waals surface area contributed by atoms with Crippen LogP contribution in [0.3, 0.4) is 0 Å². The van der Waals surface area contributed by atoms with Crippen LogP contribution < -0.4 is 0 Å². The monoisotopic (exact) mass is 245 g/mol. The second kappa shape index (κ2) is 5.31. The van der Waals surface area contributed by atoms with E-state index in [2.05, 4.69) is 42.4 Å². The number of aryl methyl sites for hydroxylation is 3. The van der Waals surface area contributed by atoms with Crippen molar-refractivity contribution in [2.45, 2.75) is 32.8 Å². The maximum absolute atomic E-state index is 10.1. The molecule has 0 fully saturated rings. The van der Waals surface area contributed by atoms with E-state index in [9.17, 15) is 5.11 Å². The molecule has 0 saturated carbocycles. The van der Waals surface area contributed by atoms with Gasteiger partial charge in [0, 0.05) is 19.7 Å². The number of aromatic nitrogens is 3. The van der Waals surface area contributed by atoms with Crippen molar-refractivity contribution in [2.24, 2.45) is 7.05 Å². The number of aliphatic hydroxyl groups is 1. The second-order valence-electron chi connectivity index (χ2n) is 4.88. The lowest BCUT2D eigenvalue weighted by molar-refractivity contribution is 0.174. The quantitative estimate of drug-likeness (QED) is 0.889. The van der Waals surface area contributed by atoms with E-state index in [-0.39, 0.29) is 0 Å². The summed E-state index contributed by atoms with van der Waals surface area (Å²) in [6.45, 7) is 4.14. The zero-order chi connectivity index (χ0) is 13.1. The van der Waals surface area contributed by atoms with Crippen molar-refractivity contribution in [3.8, 4) is 0 Å². The minimum absolute atomic E-state index is 0.415. The van der Waals surface area contributed by atoms with E-state index in [0.29, 0.717) is 12.8 Å². The first-order chi connectivity index (χ1) is 8.54. The number of benzene rings is 1. The fraction of sp³-hybridized carbons (Fsp3) is 0.429. The third-order valence-corrected chi connectivity index (χ3v) is 3.06. The van der Waals surface area contributed by atoms with E-state index >= 15 is 0 Å². The maximum Gasteiger partial charge on any atom is 0.0852 e. The SMILES string of the molecule is Cc1ccc(C)c(CC(O)Cc2cn(C)nn2)c1. The minimum Gasteiger partial charge on any atom is -0.392 e. The summed E-state index contributed by atoms with van der Waals surface area (Å²) in [4.78, 5) is 0. The molecule has 0 aliphatic rings. The van der Waals surface area contributed by atoms with Gasteiger partial charge in [0.15, 0.2) is 0 Å². The highest BCUT2D eigenvalue weighted by atomic mass is 16.3. The molecule has 2 rings (SSSR count). The Morgan fingerprint density at radius 2 is 2.06 bits per heavy atom. The first kappa shape index (κ1) is 12.8. The summed E-state index contributed by atoms with van der Waals surface area (Å²) in [6.07, 6.45) is 2.62. The summed E-state index contributed by atoms with van der Waals surface area (Å²) < 4.78 is 1.65. The van der Waals surface area contributed by atoms with E-state index in [0.717, 1.165) is 5.69 Å². The first-order valence-corrected chi connectivity index (χ1v) is 6.14. The zero-order valence-corrected chi connectivity index (χ0v) is 11.1. The van der Waals surface area contributed by atoms with Crippen LogP contribution in [0.25, 0.3) is 0 Å². The molecular formula is C14H19N3O. The molecular weight excluding hydrogens is 226 g/mol. The molecule has 4 nitrogen and oxygen atoms in total. The number of rotatable bonds is 4. The molecule has 2 aromatic rings. The van der Waals surface area contributed by atoms with E-state index in [4.69, 9.17) is 0 Å². The molecule has 1 heterocycles. The van der Waals surface area contributed by atoms with E-state index in [1.165, 1.54) is 16.7 Å². The summed E-state index contributed by atoms with van der Waals surface area (Å²) in [5, 5.41) is 18.0. The number of hydrogen-bond donors (Lipinski definition) is 1. The topological polar surface area (TPSA) is 50.9 Å². The molecule has 1 atom stereocenters. The van der Waals surface area contributed by atoms with E-state index < -0.39 is 6.10 Å². The Labute approximate surface area is 107 Å². The number of aliphatic hydroxyl groups excluding tert-OH is 1. The predicted octanol–water partition coefficient (Wildman–Crippen LogP) is 1.58. The van der Waals surface area contributed by atoms with E-state index in [1.807, 2.05) is 13.2 Å². The van der Waals surface area contributed by atoms with Crippen LogP contribution in [0.1, 0.15) is 22.4 Å². The van der Waals surface area contributed by atoms with Crippen LogP contribution in [-0.4, -0.2) is 26.2 Å². The van der Waals surface area contributed by atoms with Crippen LogP contribution in [0.4, 0.5) is 0 Å². The van der Waals surface area contributed by atoms with Gasteiger partial charge in [0.05, 0.1) is 11.8 Å². The predicted molar refractivity (Wildman–Crippen MR) is 70.3 cm³/mol. The number of hydrogen-bond acceptors (Lipinski definition) is 3. The molecule has 0 radical (unpaired) electrons. The van der Waals surface area contributed by atoms with Crippen molar-refractivity contribution < 1.29 is 5.11 Å². The Balaban J connectivity index is 2.02. The lowest BCUT2D eigenvalue weighted by Gasteiger charge is -2.11. The van der Waals surface area contributed by atoms with Crippen molar-refractivity contribution >= 4 is 0 Å². The fourth-order valence-electron chi connectivity index (χ4n) is 2.08. The highest BCUT2D eigenvalue weighted by Crippen LogP contribution is 2.14. The van der Waals surface area contributed by atoms with Gasteiger partial charge in [-0.15, -0.1) is 5.10 Å². The van der Waals surface area contributed by atoms with Crippen LogP contribution in [0.15, 0.2) is 24.4 Å². The van der Waals surface area contributed by atoms with Gasteiger partial charge < -0.3 is 5.11 Å². The normalized spacial score (nSPS) is 12.7. The highest BCUT2D eigenvalue weighted by molar-refractivity contribution is 5.31. The second-order valence-corrected chi connectivity index (χ2v) is 4.88. The Morgan fingerprint density at radius 3 is 2.72 bits per heavy atom. The molecule has 1 aromatic carbocycles. The summed E-state index contributed by atoms with van der Waals surface area (Å²) in [6, 6.07) is 6.32. The smallest absolute Gasteiger partial charge is 0.0852 e. The Bertz CT molecular complexity index is 534. The standard InChI is InChI=1S/C14H19N3O/c1-10-4-5-11(2)12(6-10)7-14(18)8-13-9-17(3)16-15-13/h4-6,9,14,18H,7-8H2,1-3H3. The number of nitrogens with zero attached hydrogens (tertiary/aromatic N) is 3. The lowest BCUT2D eigenvalue weighted by Crippen LogP contribution is -2.15. The van der Waals surface area contributed by atoms with Gasteiger partial charge >= 0.3 is 0 Å². The average molecular weight is 245 g/mol. The minimum atomic E-state index is -0.415. The zero-order valence-electron chi connectivity index (χ0n) is 11.1.